The highest BCUT2D eigenvalue weighted by Gasteiger charge is 2.04. The lowest BCUT2D eigenvalue weighted by Gasteiger charge is -2.05. The molecule has 1 aromatic rings. The summed E-state index contributed by atoms with van der Waals surface area (Å²) in [5, 5.41) is 8.34. The predicted molar refractivity (Wildman–Crippen MR) is 48.3 cm³/mol. The molecule has 1 rings (SSSR count). The molecular formula is C9H12N2O2. The van der Waals surface area contributed by atoms with E-state index in [0.717, 1.165) is 5.56 Å². The topological polar surface area (TPSA) is 75.4 Å². The van der Waals surface area contributed by atoms with Gasteiger partial charge in [-0.05, 0) is 24.6 Å². The Labute approximate surface area is 76.3 Å². The summed E-state index contributed by atoms with van der Waals surface area (Å²) in [6.07, 6.45) is 0. The highest BCUT2D eigenvalue weighted by atomic mass is 16.5. The van der Waals surface area contributed by atoms with Crippen LogP contribution in [0, 0.1) is 0 Å². The highest BCUT2D eigenvalue weighted by Crippen LogP contribution is 2.10. The largest absolute Gasteiger partial charge is 0.324 e. The first-order valence-corrected chi connectivity index (χ1v) is 3.95. The zero-order valence-corrected chi connectivity index (χ0v) is 7.32. The van der Waals surface area contributed by atoms with Gasteiger partial charge < -0.3 is 5.73 Å². The maximum Gasteiger partial charge on any atom is 0.274 e. The number of hydrogen-bond acceptors (Lipinski definition) is 3. The van der Waals surface area contributed by atoms with Crippen LogP contribution < -0.4 is 11.2 Å². The minimum atomic E-state index is -0.517. The molecule has 4 nitrogen and oxygen atoms in total. The molecule has 0 aliphatic carbocycles. The molecule has 0 saturated heterocycles. The first-order valence-electron chi connectivity index (χ1n) is 3.95. The summed E-state index contributed by atoms with van der Waals surface area (Å²) in [4.78, 5) is 10.9. The molecule has 0 radical (unpaired) electrons. The maximum absolute atomic E-state index is 10.9. The summed E-state index contributed by atoms with van der Waals surface area (Å²) in [6.45, 7) is 1.86. The first-order chi connectivity index (χ1) is 6.15. The van der Waals surface area contributed by atoms with Crippen molar-refractivity contribution in [3.8, 4) is 0 Å². The molecule has 0 bridgehead atoms. The van der Waals surface area contributed by atoms with Gasteiger partial charge in [-0.3, -0.25) is 10.0 Å². The SMILES string of the molecule is CC(N)c1ccc(C(=O)NO)cc1. The van der Waals surface area contributed by atoms with Crippen LogP contribution in [0.5, 0.6) is 0 Å². The van der Waals surface area contributed by atoms with E-state index in [4.69, 9.17) is 10.9 Å². The number of benzene rings is 1. The molecule has 70 valence electrons. The quantitative estimate of drug-likeness (QED) is 0.466. The fourth-order valence-electron chi connectivity index (χ4n) is 1.00. The van der Waals surface area contributed by atoms with Crippen LogP contribution in [0.15, 0.2) is 24.3 Å². The van der Waals surface area contributed by atoms with Crippen molar-refractivity contribution in [1.29, 1.82) is 0 Å². The van der Waals surface area contributed by atoms with Crippen molar-refractivity contribution >= 4 is 5.91 Å². The second kappa shape index (κ2) is 4.02. The third kappa shape index (κ3) is 2.27. The van der Waals surface area contributed by atoms with Crippen LogP contribution in [0.2, 0.25) is 0 Å². The number of carbonyl (C=O) groups excluding carboxylic acids is 1. The molecule has 0 fully saturated rings. The van der Waals surface area contributed by atoms with Crippen molar-refractivity contribution < 1.29 is 10.0 Å². The molecule has 13 heavy (non-hydrogen) atoms. The molecule has 4 heteroatoms. The molecule has 1 atom stereocenters. The molecule has 0 aromatic heterocycles. The lowest BCUT2D eigenvalue weighted by atomic mass is 10.1. The van der Waals surface area contributed by atoms with Crippen LogP contribution in [0.4, 0.5) is 0 Å². The molecule has 1 aromatic carbocycles. The summed E-state index contributed by atoms with van der Waals surface area (Å²) in [7, 11) is 0. The summed E-state index contributed by atoms with van der Waals surface area (Å²) < 4.78 is 0. The molecular weight excluding hydrogens is 168 g/mol. The van der Waals surface area contributed by atoms with Gasteiger partial charge >= 0.3 is 0 Å². The van der Waals surface area contributed by atoms with E-state index in [1.807, 2.05) is 6.92 Å². The third-order valence-corrected chi connectivity index (χ3v) is 1.80. The average Bonchev–Trinajstić information content (AvgIpc) is 2.17. The summed E-state index contributed by atoms with van der Waals surface area (Å²) >= 11 is 0. The van der Waals surface area contributed by atoms with Crippen molar-refractivity contribution in [2.45, 2.75) is 13.0 Å². The Hall–Kier alpha value is -1.39. The smallest absolute Gasteiger partial charge is 0.274 e. The standard InChI is InChI=1S/C9H12N2O2/c1-6(10)7-2-4-8(5-3-7)9(12)11-13/h2-6,13H,10H2,1H3,(H,11,12). The number of nitrogens with two attached hydrogens (primary N) is 1. The maximum atomic E-state index is 10.9. The van der Waals surface area contributed by atoms with Gasteiger partial charge in [0, 0.05) is 11.6 Å². The Morgan fingerprint density at radius 3 is 2.38 bits per heavy atom. The Morgan fingerprint density at radius 1 is 1.46 bits per heavy atom. The van der Waals surface area contributed by atoms with Crippen molar-refractivity contribution in [1.82, 2.24) is 5.48 Å². The summed E-state index contributed by atoms with van der Waals surface area (Å²) in [5.74, 6) is -0.517. The van der Waals surface area contributed by atoms with E-state index in [-0.39, 0.29) is 6.04 Å². The van der Waals surface area contributed by atoms with E-state index in [1.165, 1.54) is 0 Å². The number of amides is 1. The highest BCUT2D eigenvalue weighted by molar-refractivity contribution is 5.93. The predicted octanol–water partition coefficient (Wildman–Crippen LogP) is 0.825. The fourth-order valence-corrected chi connectivity index (χ4v) is 1.00. The lowest BCUT2D eigenvalue weighted by Crippen LogP contribution is -2.18. The summed E-state index contributed by atoms with van der Waals surface area (Å²) in [5.41, 5.74) is 8.54. The van der Waals surface area contributed by atoms with Gasteiger partial charge in [-0.15, -0.1) is 0 Å². The summed E-state index contributed by atoms with van der Waals surface area (Å²) in [6, 6.07) is 6.70. The van der Waals surface area contributed by atoms with E-state index in [2.05, 4.69) is 0 Å². The van der Waals surface area contributed by atoms with E-state index < -0.39 is 5.91 Å². The normalized spacial score (nSPS) is 12.2. The third-order valence-electron chi connectivity index (χ3n) is 1.80. The van der Waals surface area contributed by atoms with Crippen molar-refractivity contribution in [2.24, 2.45) is 5.73 Å². The Balaban J connectivity index is 2.87. The van der Waals surface area contributed by atoms with Crippen LogP contribution in [0.1, 0.15) is 28.9 Å². The zero-order valence-electron chi connectivity index (χ0n) is 7.32. The average molecular weight is 180 g/mol. The molecule has 0 spiro atoms. The molecule has 0 heterocycles. The number of carbonyl (C=O) groups is 1. The van der Waals surface area contributed by atoms with E-state index >= 15 is 0 Å². The second-order valence-corrected chi connectivity index (χ2v) is 2.85. The van der Waals surface area contributed by atoms with Crippen LogP contribution in [0.25, 0.3) is 0 Å². The van der Waals surface area contributed by atoms with Gasteiger partial charge in [0.1, 0.15) is 0 Å². The van der Waals surface area contributed by atoms with Crippen LogP contribution in [-0.2, 0) is 0 Å². The van der Waals surface area contributed by atoms with Crippen molar-refractivity contribution in [2.75, 3.05) is 0 Å². The number of hydrogen-bond donors (Lipinski definition) is 3. The van der Waals surface area contributed by atoms with Crippen LogP contribution >= 0.6 is 0 Å². The van der Waals surface area contributed by atoms with Crippen molar-refractivity contribution in [3.05, 3.63) is 35.4 Å². The molecule has 1 amide bonds. The minimum absolute atomic E-state index is 0.0498. The van der Waals surface area contributed by atoms with Gasteiger partial charge in [-0.1, -0.05) is 12.1 Å². The van der Waals surface area contributed by atoms with Gasteiger partial charge in [0.2, 0.25) is 0 Å². The zero-order chi connectivity index (χ0) is 9.84. The number of nitrogens with one attached hydrogen (secondary N) is 1. The molecule has 0 aliphatic heterocycles. The fraction of sp³-hybridized carbons (Fsp3) is 0.222. The van der Waals surface area contributed by atoms with E-state index in [9.17, 15) is 4.79 Å². The second-order valence-electron chi connectivity index (χ2n) is 2.85. The van der Waals surface area contributed by atoms with Crippen LogP contribution in [-0.4, -0.2) is 11.1 Å². The number of rotatable bonds is 2. The van der Waals surface area contributed by atoms with E-state index in [0.29, 0.717) is 5.56 Å². The molecule has 1 unspecified atom stereocenters. The Bertz CT molecular complexity index is 293. The lowest BCUT2D eigenvalue weighted by molar-refractivity contribution is 0.0706. The van der Waals surface area contributed by atoms with Gasteiger partial charge in [-0.2, -0.15) is 0 Å². The first kappa shape index (κ1) is 9.70. The van der Waals surface area contributed by atoms with Gasteiger partial charge in [0.15, 0.2) is 0 Å². The molecule has 0 saturated carbocycles. The van der Waals surface area contributed by atoms with E-state index in [1.54, 1.807) is 29.7 Å². The molecule has 0 aliphatic rings. The minimum Gasteiger partial charge on any atom is -0.324 e. The van der Waals surface area contributed by atoms with Crippen molar-refractivity contribution in [3.63, 3.8) is 0 Å². The van der Waals surface area contributed by atoms with Gasteiger partial charge in [-0.25, -0.2) is 5.48 Å². The monoisotopic (exact) mass is 180 g/mol. The Morgan fingerprint density at radius 2 is 2.00 bits per heavy atom. The Kier molecular flexibility index (Phi) is 3.00. The van der Waals surface area contributed by atoms with Gasteiger partial charge in [0.25, 0.3) is 5.91 Å². The van der Waals surface area contributed by atoms with Gasteiger partial charge in [0.05, 0.1) is 0 Å². The molecule has 4 N–H and O–H groups in total. The van der Waals surface area contributed by atoms with Crippen LogP contribution in [0.3, 0.4) is 0 Å². The number of hydroxylamine groups is 1.